The quantitative estimate of drug-likeness (QED) is 0.925. The second kappa shape index (κ2) is 6.86. The van der Waals surface area contributed by atoms with Crippen molar-refractivity contribution in [2.45, 2.75) is 44.4 Å². The van der Waals surface area contributed by atoms with Crippen LogP contribution in [0.2, 0.25) is 0 Å². The van der Waals surface area contributed by atoms with Crippen molar-refractivity contribution in [3.05, 3.63) is 35.6 Å². The molecule has 1 aromatic carbocycles. The van der Waals surface area contributed by atoms with E-state index in [1.165, 1.54) is 12.5 Å². The molecule has 1 saturated heterocycles. The third-order valence-electron chi connectivity index (χ3n) is 4.92. The van der Waals surface area contributed by atoms with Crippen LogP contribution in [0.25, 0.3) is 0 Å². The summed E-state index contributed by atoms with van der Waals surface area (Å²) in [6.45, 7) is 4.56. The Hall–Kier alpha value is -0.970. The van der Waals surface area contributed by atoms with Gasteiger partial charge in [-0.05, 0) is 18.9 Å². The van der Waals surface area contributed by atoms with E-state index in [1.807, 2.05) is 12.1 Å². The van der Waals surface area contributed by atoms with Crippen molar-refractivity contribution in [2.24, 2.45) is 0 Å². The molecular weight excluding hydrogens is 267 g/mol. The second-order valence-corrected chi connectivity index (χ2v) is 6.32. The van der Waals surface area contributed by atoms with Crippen LogP contribution in [-0.4, -0.2) is 53.2 Å². The molecule has 1 aliphatic carbocycles. The standard InChI is InChI=1S/C17H25FN2O/c18-15-6-2-1-5-14(15)13-19-9-11-20(12-10-19)16-7-3-4-8-17(16)21/h1-2,5-6,16-17,21H,3-4,7-13H2/t16-,17-/m0/s1. The number of piperazine rings is 1. The number of halogens is 1. The summed E-state index contributed by atoms with van der Waals surface area (Å²) in [5.41, 5.74) is 0.781. The van der Waals surface area contributed by atoms with Gasteiger partial charge >= 0.3 is 0 Å². The molecule has 1 saturated carbocycles. The summed E-state index contributed by atoms with van der Waals surface area (Å²) in [7, 11) is 0. The van der Waals surface area contributed by atoms with Gasteiger partial charge in [-0.2, -0.15) is 0 Å². The number of aliphatic hydroxyl groups is 1. The van der Waals surface area contributed by atoms with Crippen LogP contribution in [0.15, 0.2) is 24.3 Å². The molecule has 1 heterocycles. The average Bonchev–Trinajstić information content (AvgIpc) is 2.51. The molecule has 0 bridgehead atoms. The van der Waals surface area contributed by atoms with Crippen molar-refractivity contribution in [2.75, 3.05) is 26.2 Å². The van der Waals surface area contributed by atoms with Gasteiger partial charge in [-0.3, -0.25) is 9.80 Å². The van der Waals surface area contributed by atoms with E-state index < -0.39 is 0 Å². The van der Waals surface area contributed by atoms with Crippen molar-refractivity contribution >= 4 is 0 Å². The molecule has 0 aromatic heterocycles. The van der Waals surface area contributed by atoms with Gasteiger partial charge < -0.3 is 5.11 Å². The molecule has 2 fully saturated rings. The van der Waals surface area contributed by atoms with E-state index in [4.69, 9.17) is 0 Å². The van der Waals surface area contributed by atoms with Crippen molar-refractivity contribution < 1.29 is 9.50 Å². The maximum atomic E-state index is 13.7. The summed E-state index contributed by atoms with van der Waals surface area (Å²) < 4.78 is 13.7. The first-order valence-corrected chi connectivity index (χ1v) is 8.12. The number of rotatable bonds is 3. The molecule has 1 N–H and O–H groups in total. The van der Waals surface area contributed by atoms with Gasteiger partial charge in [-0.1, -0.05) is 31.0 Å². The molecule has 0 spiro atoms. The SMILES string of the molecule is O[C@H]1CCCC[C@@H]1N1CCN(Cc2ccccc2F)CC1. The predicted molar refractivity (Wildman–Crippen MR) is 81.5 cm³/mol. The van der Waals surface area contributed by atoms with Crippen LogP contribution < -0.4 is 0 Å². The Balaban J connectivity index is 1.52. The molecule has 116 valence electrons. The minimum Gasteiger partial charge on any atom is -0.391 e. The Morgan fingerprint density at radius 1 is 1.05 bits per heavy atom. The number of aliphatic hydroxyl groups excluding tert-OH is 1. The zero-order chi connectivity index (χ0) is 14.7. The fourth-order valence-corrected chi connectivity index (χ4v) is 3.64. The first kappa shape index (κ1) is 14.9. The molecule has 1 aromatic rings. The summed E-state index contributed by atoms with van der Waals surface area (Å²) >= 11 is 0. The molecule has 3 nitrogen and oxygen atoms in total. The highest BCUT2D eigenvalue weighted by Gasteiger charge is 2.30. The van der Waals surface area contributed by atoms with Crippen LogP contribution in [0.3, 0.4) is 0 Å². The van der Waals surface area contributed by atoms with Crippen LogP contribution in [0, 0.1) is 5.82 Å². The lowest BCUT2D eigenvalue weighted by atomic mass is 9.91. The van der Waals surface area contributed by atoms with Crippen LogP contribution in [0.4, 0.5) is 4.39 Å². The van der Waals surface area contributed by atoms with Gasteiger partial charge in [0.2, 0.25) is 0 Å². The normalized spacial score (nSPS) is 28.7. The van der Waals surface area contributed by atoms with Gasteiger partial charge in [0, 0.05) is 44.3 Å². The average molecular weight is 292 g/mol. The highest BCUT2D eigenvalue weighted by molar-refractivity contribution is 5.17. The third kappa shape index (κ3) is 3.62. The first-order chi connectivity index (χ1) is 10.2. The molecule has 0 unspecified atom stereocenters. The molecule has 2 atom stereocenters. The fourth-order valence-electron chi connectivity index (χ4n) is 3.64. The minimum absolute atomic E-state index is 0.109. The third-order valence-corrected chi connectivity index (χ3v) is 4.92. The summed E-state index contributed by atoms with van der Waals surface area (Å²) in [5, 5.41) is 10.2. The van der Waals surface area contributed by atoms with Crippen molar-refractivity contribution in [3.8, 4) is 0 Å². The van der Waals surface area contributed by atoms with Crippen LogP contribution in [0.1, 0.15) is 31.2 Å². The van der Waals surface area contributed by atoms with Gasteiger partial charge in [0.15, 0.2) is 0 Å². The van der Waals surface area contributed by atoms with Gasteiger partial charge in [0.1, 0.15) is 5.82 Å². The van der Waals surface area contributed by atoms with E-state index in [2.05, 4.69) is 9.80 Å². The zero-order valence-electron chi connectivity index (χ0n) is 12.5. The molecule has 2 aliphatic rings. The Bertz CT molecular complexity index is 460. The number of hydrogen-bond donors (Lipinski definition) is 1. The summed E-state index contributed by atoms with van der Waals surface area (Å²) in [6.07, 6.45) is 4.30. The smallest absolute Gasteiger partial charge is 0.127 e. The highest BCUT2D eigenvalue weighted by Crippen LogP contribution is 2.24. The lowest BCUT2D eigenvalue weighted by Gasteiger charge is -2.42. The van der Waals surface area contributed by atoms with Gasteiger partial charge in [0.25, 0.3) is 0 Å². The van der Waals surface area contributed by atoms with Gasteiger partial charge in [0.05, 0.1) is 6.10 Å². The summed E-state index contributed by atoms with van der Waals surface area (Å²) in [4.78, 5) is 4.74. The van der Waals surface area contributed by atoms with Crippen LogP contribution >= 0.6 is 0 Å². The first-order valence-electron chi connectivity index (χ1n) is 8.12. The van der Waals surface area contributed by atoms with E-state index in [-0.39, 0.29) is 11.9 Å². The Kier molecular flexibility index (Phi) is 4.88. The molecule has 1 aliphatic heterocycles. The number of hydrogen-bond acceptors (Lipinski definition) is 3. The van der Waals surface area contributed by atoms with E-state index in [9.17, 15) is 9.50 Å². The summed E-state index contributed by atoms with van der Waals surface area (Å²) in [5.74, 6) is -0.109. The number of nitrogens with zero attached hydrogens (tertiary/aromatic N) is 2. The van der Waals surface area contributed by atoms with Crippen molar-refractivity contribution in [3.63, 3.8) is 0 Å². The van der Waals surface area contributed by atoms with E-state index in [1.54, 1.807) is 6.07 Å². The Morgan fingerprint density at radius 2 is 1.76 bits per heavy atom. The molecule has 0 amide bonds. The Labute approximate surface area is 126 Å². The minimum atomic E-state index is -0.156. The van der Waals surface area contributed by atoms with Crippen LogP contribution in [0.5, 0.6) is 0 Å². The molecular formula is C17H25FN2O. The Morgan fingerprint density at radius 3 is 2.48 bits per heavy atom. The van der Waals surface area contributed by atoms with Crippen molar-refractivity contribution in [1.82, 2.24) is 9.80 Å². The predicted octanol–water partition coefficient (Wildman–Crippen LogP) is 2.25. The summed E-state index contributed by atoms with van der Waals surface area (Å²) in [6, 6.07) is 7.37. The highest BCUT2D eigenvalue weighted by atomic mass is 19.1. The van der Waals surface area contributed by atoms with E-state index >= 15 is 0 Å². The molecule has 4 heteroatoms. The largest absolute Gasteiger partial charge is 0.391 e. The zero-order valence-corrected chi connectivity index (χ0v) is 12.5. The van der Waals surface area contributed by atoms with Gasteiger partial charge in [-0.25, -0.2) is 4.39 Å². The maximum absolute atomic E-state index is 13.7. The lowest BCUT2D eigenvalue weighted by Crippen LogP contribution is -2.54. The lowest BCUT2D eigenvalue weighted by molar-refractivity contribution is -0.00484. The van der Waals surface area contributed by atoms with Crippen molar-refractivity contribution in [1.29, 1.82) is 0 Å². The molecule has 3 rings (SSSR count). The second-order valence-electron chi connectivity index (χ2n) is 6.32. The molecule has 0 radical (unpaired) electrons. The maximum Gasteiger partial charge on any atom is 0.127 e. The van der Waals surface area contributed by atoms with E-state index in [0.717, 1.165) is 51.0 Å². The topological polar surface area (TPSA) is 26.7 Å². The van der Waals surface area contributed by atoms with E-state index in [0.29, 0.717) is 12.6 Å². The number of benzene rings is 1. The fraction of sp³-hybridized carbons (Fsp3) is 0.647. The van der Waals surface area contributed by atoms with Crippen LogP contribution in [-0.2, 0) is 6.54 Å². The molecule has 21 heavy (non-hydrogen) atoms. The van der Waals surface area contributed by atoms with Gasteiger partial charge in [-0.15, -0.1) is 0 Å². The monoisotopic (exact) mass is 292 g/mol.